The molecule has 1 aromatic rings. The third-order valence-electron chi connectivity index (χ3n) is 3.95. The second kappa shape index (κ2) is 5.95. The van der Waals surface area contributed by atoms with Gasteiger partial charge in [0.1, 0.15) is 11.8 Å². The van der Waals surface area contributed by atoms with E-state index in [2.05, 4.69) is 4.74 Å². The zero-order valence-corrected chi connectivity index (χ0v) is 11.7. The van der Waals surface area contributed by atoms with Crippen molar-refractivity contribution in [2.75, 3.05) is 13.7 Å². The van der Waals surface area contributed by atoms with E-state index in [0.29, 0.717) is 36.8 Å². The lowest BCUT2D eigenvalue weighted by Gasteiger charge is -2.34. The van der Waals surface area contributed by atoms with Crippen LogP contribution in [0.15, 0.2) is 24.3 Å². The topological polar surface area (TPSA) is 83.9 Å². The Kier molecular flexibility index (Phi) is 4.26. The van der Waals surface area contributed by atoms with E-state index in [9.17, 15) is 19.5 Å². The Labute approximate surface area is 122 Å². The maximum atomic E-state index is 11.8. The highest BCUT2D eigenvalue weighted by Gasteiger charge is 2.50. The number of amides is 1. The lowest BCUT2D eigenvalue weighted by molar-refractivity contribution is -0.148. The smallest absolute Gasteiger partial charge is 0.410 e. The van der Waals surface area contributed by atoms with Gasteiger partial charge in [0.25, 0.3) is 0 Å². The van der Waals surface area contributed by atoms with Crippen LogP contribution in [0.4, 0.5) is 4.79 Å². The summed E-state index contributed by atoms with van der Waals surface area (Å²) in [5, 5.41) is 9.67. The number of ether oxygens (including phenoxy) is 1. The van der Waals surface area contributed by atoms with Crippen molar-refractivity contribution < 1.29 is 24.2 Å². The number of carboxylic acid groups (broad SMARTS) is 1. The molecule has 0 aliphatic carbocycles. The Morgan fingerprint density at radius 3 is 2.76 bits per heavy atom. The number of nitrogens with zero attached hydrogens (tertiary/aromatic N) is 1. The van der Waals surface area contributed by atoms with Gasteiger partial charge in [0, 0.05) is 18.5 Å². The third-order valence-corrected chi connectivity index (χ3v) is 3.95. The van der Waals surface area contributed by atoms with Gasteiger partial charge >= 0.3 is 12.1 Å². The number of carboxylic acids is 1. The molecule has 1 aliphatic heterocycles. The summed E-state index contributed by atoms with van der Waals surface area (Å²) in [5.41, 5.74) is -0.299. The van der Waals surface area contributed by atoms with Crippen molar-refractivity contribution in [3.05, 3.63) is 35.4 Å². The van der Waals surface area contributed by atoms with Crippen molar-refractivity contribution in [2.45, 2.75) is 24.8 Å². The lowest BCUT2D eigenvalue weighted by Crippen LogP contribution is -2.54. The number of hydrogen-bond acceptors (Lipinski definition) is 4. The Morgan fingerprint density at radius 2 is 2.14 bits per heavy atom. The van der Waals surface area contributed by atoms with Crippen LogP contribution in [0.2, 0.25) is 0 Å². The molecule has 0 aromatic heterocycles. The summed E-state index contributed by atoms with van der Waals surface area (Å²) < 4.78 is 4.69. The lowest BCUT2D eigenvalue weighted by atomic mass is 9.86. The minimum Gasteiger partial charge on any atom is -0.479 e. The highest BCUT2D eigenvalue weighted by Crippen LogP contribution is 2.34. The highest BCUT2D eigenvalue weighted by molar-refractivity contribution is 5.86. The first-order valence-corrected chi connectivity index (χ1v) is 6.67. The fourth-order valence-electron chi connectivity index (χ4n) is 2.86. The maximum absolute atomic E-state index is 11.8. The Balaban J connectivity index is 2.41. The van der Waals surface area contributed by atoms with Crippen LogP contribution in [-0.2, 0) is 16.0 Å². The molecule has 1 saturated heterocycles. The zero-order valence-electron chi connectivity index (χ0n) is 11.7. The van der Waals surface area contributed by atoms with Crippen LogP contribution in [0, 0.1) is 0 Å². The molecule has 1 aliphatic rings. The van der Waals surface area contributed by atoms with Crippen LogP contribution in [0.1, 0.15) is 28.8 Å². The molecular weight excluding hydrogens is 274 g/mol. The second-order valence-electron chi connectivity index (χ2n) is 5.06. The van der Waals surface area contributed by atoms with E-state index in [1.165, 1.54) is 12.0 Å². The number of carbonyl (C=O) groups is 3. The highest BCUT2D eigenvalue weighted by atomic mass is 16.5. The van der Waals surface area contributed by atoms with Gasteiger partial charge in [-0.1, -0.05) is 24.3 Å². The van der Waals surface area contributed by atoms with Gasteiger partial charge in [0.05, 0.1) is 7.11 Å². The van der Waals surface area contributed by atoms with Gasteiger partial charge in [-0.25, -0.2) is 9.59 Å². The van der Waals surface area contributed by atoms with Gasteiger partial charge < -0.3 is 9.84 Å². The molecule has 6 heteroatoms. The number of hydrogen-bond donors (Lipinski definition) is 1. The molecule has 1 fully saturated rings. The van der Waals surface area contributed by atoms with Gasteiger partial charge in [-0.15, -0.1) is 0 Å². The van der Waals surface area contributed by atoms with Crippen LogP contribution in [-0.4, -0.2) is 47.5 Å². The van der Waals surface area contributed by atoms with Crippen LogP contribution in [0.5, 0.6) is 0 Å². The fraction of sp³-hybridized carbons (Fsp3) is 0.400. The molecule has 0 radical (unpaired) electrons. The average Bonchev–Trinajstić information content (AvgIpc) is 2.92. The quantitative estimate of drug-likeness (QED) is 0.854. The van der Waals surface area contributed by atoms with Crippen molar-refractivity contribution in [1.82, 2.24) is 4.90 Å². The SMILES string of the molecule is COC(=O)N1CCCC1(Cc1ccccc1C=O)C(=O)O. The summed E-state index contributed by atoms with van der Waals surface area (Å²) in [6.07, 6.45) is 1.06. The predicted octanol–water partition coefficient (Wildman–Crippen LogP) is 1.73. The predicted molar refractivity (Wildman–Crippen MR) is 74.2 cm³/mol. The van der Waals surface area contributed by atoms with E-state index in [0.717, 1.165) is 0 Å². The molecule has 1 heterocycles. The van der Waals surface area contributed by atoms with Crippen molar-refractivity contribution in [2.24, 2.45) is 0 Å². The normalized spacial score (nSPS) is 21.1. The second-order valence-corrected chi connectivity index (χ2v) is 5.06. The molecule has 0 bridgehead atoms. The number of likely N-dealkylation sites (tertiary alicyclic amines) is 1. The van der Waals surface area contributed by atoms with Crippen molar-refractivity contribution >= 4 is 18.3 Å². The summed E-state index contributed by atoms with van der Waals surface area (Å²) in [6, 6.07) is 6.81. The van der Waals surface area contributed by atoms with E-state index < -0.39 is 17.6 Å². The van der Waals surface area contributed by atoms with Crippen molar-refractivity contribution in [3.8, 4) is 0 Å². The number of benzene rings is 1. The van der Waals surface area contributed by atoms with Crippen LogP contribution in [0.3, 0.4) is 0 Å². The Bertz CT molecular complexity index is 571. The molecule has 0 saturated carbocycles. The summed E-state index contributed by atoms with van der Waals surface area (Å²) in [4.78, 5) is 36.0. The van der Waals surface area contributed by atoms with E-state index in [1.807, 2.05) is 0 Å². The number of aliphatic carboxylic acids is 1. The summed E-state index contributed by atoms with van der Waals surface area (Å²) in [5.74, 6) is -1.08. The molecule has 6 nitrogen and oxygen atoms in total. The summed E-state index contributed by atoms with van der Waals surface area (Å²) >= 11 is 0. The van der Waals surface area contributed by atoms with E-state index in [-0.39, 0.29) is 6.42 Å². The number of rotatable bonds is 4. The van der Waals surface area contributed by atoms with E-state index in [4.69, 9.17) is 0 Å². The number of carbonyl (C=O) groups excluding carboxylic acids is 2. The summed E-state index contributed by atoms with van der Waals surface area (Å²) in [7, 11) is 1.23. The number of methoxy groups -OCH3 is 1. The summed E-state index contributed by atoms with van der Waals surface area (Å²) in [6.45, 7) is 0.336. The number of aldehydes is 1. The first-order chi connectivity index (χ1) is 10.0. The largest absolute Gasteiger partial charge is 0.479 e. The molecular formula is C15H17NO5. The van der Waals surface area contributed by atoms with Crippen LogP contribution in [0.25, 0.3) is 0 Å². The van der Waals surface area contributed by atoms with Gasteiger partial charge in [-0.2, -0.15) is 0 Å². The first-order valence-electron chi connectivity index (χ1n) is 6.67. The standard InChI is InChI=1S/C15H17NO5/c1-21-14(20)16-8-4-7-15(16,13(18)19)9-11-5-2-3-6-12(11)10-17/h2-3,5-6,10H,4,7-9H2,1H3,(H,18,19). The van der Waals surface area contributed by atoms with Crippen LogP contribution >= 0.6 is 0 Å². The van der Waals surface area contributed by atoms with Crippen molar-refractivity contribution in [3.63, 3.8) is 0 Å². The maximum Gasteiger partial charge on any atom is 0.410 e. The first kappa shape index (κ1) is 15.0. The van der Waals surface area contributed by atoms with Gasteiger partial charge in [-0.05, 0) is 18.4 Å². The zero-order chi connectivity index (χ0) is 15.5. The average molecular weight is 291 g/mol. The Morgan fingerprint density at radius 1 is 1.43 bits per heavy atom. The fourth-order valence-corrected chi connectivity index (χ4v) is 2.86. The van der Waals surface area contributed by atoms with Crippen molar-refractivity contribution in [1.29, 1.82) is 0 Å². The molecule has 2 rings (SSSR count). The third kappa shape index (κ3) is 2.61. The molecule has 1 atom stereocenters. The molecule has 21 heavy (non-hydrogen) atoms. The molecule has 112 valence electrons. The molecule has 0 spiro atoms. The molecule has 1 N–H and O–H groups in total. The minimum atomic E-state index is -1.35. The monoisotopic (exact) mass is 291 g/mol. The van der Waals surface area contributed by atoms with Crippen LogP contribution < -0.4 is 0 Å². The molecule has 1 amide bonds. The van der Waals surface area contributed by atoms with Gasteiger partial charge in [0.2, 0.25) is 0 Å². The Hall–Kier alpha value is -2.37. The molecule has 1 unspecified atom stereocenters. The molecule has 1 aromatic carbocycles. The van der Waals surface area contributed by atoms with E-state index >= 15 is 0 Å². The minimum absolute atomic E-state index is 0.0896. The van der Waals surface area contributed by atoms with Gasteiger partial charge in [0.15, 0.2) is 0 Å². The van der Waals surface area contributed by atoms with E-state index in [1.54, 1.807) is 24.3 Å². The van der Waals surface area contributed by atoms with Gasteiger partial charge in [-0.3, -0.25) is 9.69 Å².